The number of aromatic nitrogens is 2. The molecule has 0 saturated carbocycles. The Morgan fingerprint density at radius 2 is 1.58 bits per heavy atom. The van der Waals surface area contributed by atoms with E-state index in [1.165, 1.54) is 0 Å². The number of ketones is 1. The molecule has 2 heterocycles. The number of hydrogen-bond donors (Lipinski definition) is 1. The van der Waals surface area contributed by atoms with Gasteiger partial charge in [-0.2, -0.15) is 0 Å². The summed E-state index contributed by atoms with van der Waals surface area (Å²) in [5, 5.41) is 3.35. The quantitative estimate of drug-likeness (QED) is 0.729. The van der Waals surface area contributed by atoms with Crippen LogP contribution < -0.4 is 5.32 Å². The van der Waals surface area contributed by atoms with Crippen LogP contribution in [-0.4, -0.2) is 22.3 Å². The summed E-state index contributed by atoms with van der Waals surface area (Å²) in [5.41, 5.74) is 3.78. The largest absolute Gasteiger partial charge is 0.303 e. The van der Waals surface area contributed by atoms with Crippen LogP contribution in [-0.2, 0) is 0 Å². The molecule has 26 heavy (non-hydrogen) atoms. The van der Waals surface area contributed by atoms with Crippen molar-refractivity contribution in [3.8, 4) is 11.1 Å². The highest BCUT2D eigenvalue weighted by molar-refractivity contribution is 6.09. The predicted octanol–water partition coefficient (Wildman–Crippen LogP) is 3.99. The molecule has 0 aliphatic carbocycles. The molecule has 0 fully saturated rings. The third-order valence-corrected chi connectivity index (χ3v) is 4.58. The summed E-state index contributed by atoms with van der Waals surface area (Å²) >= 11 is 0. The molecule has 3 aromatic rings. The van der Waals surface area contributed by atoms with Gasteiger partial charge in [-0.05, 0) is 29.2 Å². The van der Waals surface area contributed by atoms with Gasteiger partial charge in [-0.25, -0.2) is 9.97 Å². The van der Waals surface area contributed by atoms with Crippen LogP contribution in [0.15, 0.2) is 84.7 Å². The molecule has 1 aliphatic rings. The van der Waals surface area contributed by atoms with Gasteiger partial charge >= 0.3 is 0 Å². The van der Waals surface area contributed by atoms with Gasteiger partial charge in [-0.1, -0.05) is 60.7 Å². The van der Waals surface area contributed by atoms with Gasteiger partial charge in [-0.3, -0.25) is 4.79 Å². The second kappa shape index (κ2) is 7.42. The van der Waals surface area contributed by atoms with Crippen molar-refractivity contribution in [2.24, 2.45) is 0 Å². The van der Waals surface area contributed by atoms with Gasteiger partial charge < -0.3 is 5.32 Å². The highest BCUT2D eigenvalue weighted by Gasteiger charge is 2.23. The van der Waals surface area contributed by atoms with Crippen molar-refractivity contribution in [1.29, 1.82) is 0 Å². The molecule has 0 amide bonds. The molecule has 0 spiro atoms. The number of Topliss-reactive ketones (excluding diaryl/α,β-unsaturated/α-hetero) is 1. The zero-order valence-corrected chi connectivity index (χ0v) is 14.3. The Morgan fingerprint density at radius 1 is 0.885 bits per heavy atom. The standard InChI is InChI=1S/C22H19N3O/c26-21(18-9-7-17(8-10-18)16-5-2-1-3-6-16)19-11-14-23-20(15-19)22-24-12-4-13-25-22/h1-13,20,23H,14-15H2. The van der Waals surface area contributed by atoms with E-state index in [-0.39, 0.29) is 11.8 Å². The van der Waals surface area contributed by atoms with E-state index < -0.39 is 0 Å². The van der Waals surface area contributed by atoms with E-state index in [1.807, 2.05) is 48.5 Å². The van der Waals surface area contributed by atoms with Crippen LogP contribution >= 0.6 is 0 Å². The lowest BCUT2D eigenvalue weighted by Gasteiger charge is -2.22. The highest BCUT2D eigenvalue weighted by Crippen LogP contribution is 2.25. The van der Waals surface area contributed by atoms with Gasteiger partial charge in [0.1, 0.15) is 5.82 Å². The van der Waals surface area contributed by atoms with Gasteiger partial charge in [-0.15, -0.1) is 0 Å². The van der Waals surface area contributed by atoms with E-state index in [0.29, 0.717) is 18.5 Å². The Bertz CT molecular complexity index is 919. The van der Waals surface area contributed by atoms with Gasteiger partial charge in [0.2, 0.25) is 0 Å². The molecule has 1 N–H and O–H groups in total. The number of nitrogens with zero attached hydrogens (tertiary/aromatic N) is 2. The highest BCUT2D eigenvalue weighted by atomic mass is 16.1. The van der Waals surface area contributed by atoms with E-state index in [4.69, 9.17) is 0 Å². The Kier molecular flexibility index (Phi) is 4.67. The summed E-state index contributed by atoms with van der Waals surface area (Å²) in [6.45, 7) is 0.645. The Labute approximate surface area is 152 Å². The lowest BCUT2D eigenvalue weighted by molar-refractivity contribution is 0.102. The smallest absolute Gasteiger partial charge is 0.188 e. The fourth-order valence-electron chi connectivity index (χ4n) is 3.19. The molecule has 0 radical (unpaired) electrons. The van der Waals surface area contributed by atoms with Crippen molar-refractivity contribution in [2.75, 3.05) is 6.54 Å². The SMILES string of the molecule is O=C(C1=CCNC(c2ncccn2)C1)c1ccc(-c2ccccc2)cc1. The topological polar surface area (TPSA) is 54.9 Å². The zero-order chi connectivity index (χ0) is 17.8. The minimum Gasteiger partial charge on any atom is -0.303 e. The maximum Gasteiger partial charge on any atom is 0.188 e. The molecule has 1 aromatic heterocycles. The first-order chi connectivity index (χ1) is 12.8. The van der Waals surface area contributed by atoms with Crippen molar-refractivity contribution in [2.45, 2.75) is 12.5 Å². The lowest BCUT2D eigenvalue weighted by atomic mass is 9.93. The molecular formula is C22H19N3O. The fraction of sp³-hybridized carbons (Fsp3) is 0.136. The summed E-state index contributed by atoms with van der Waals surface area (Å²) in [5.74, 6) is 0.803. The molecule has 0 saturated heterocycles. The number of nitrogens with one attached hydrogen (secondary N) is 1. The van der Waals surface area contributed by atoms with Gasteiger partial charge in [0.25, 0.3) is 0 Å². The molecule has 4 heteroatoms. The Balaban J connectivity index is 1.51. The van der Waals surface area contributed by atoms with Gasteiger partial charge in [0.15, 0.2) is 5.78 Å². The van der Waals surface area contributed by atoms with E-state index in [9.17, 15) is 4.79 Å². The van der Waals surface area contributed by atoms with E-state index in [2.05, 4.69) is 27.4 Å². The average Bonchev–Trinajstić information content (AvgIpc) is 2.75. The molecule has 2 aromatic carbocycles. The maximum atomic E-state index is 12.9. The molecule has 128 valence electrons. The average molecular weight is 341 g/mol. The first kappa shape index (κ1) is 16.4. The first-order valence-corrected chi connectivity index (χ1v) is 8.71. The minimum absolute atomic E-state index is 0.0243. The lowest BCUT2D eigenvalue weighted by Crippen LogP contribution is -2.29. The normalized spacial score (nSPS) is 16.8. The summed E-state index contributed by atoms with van der Waals surface area (Å²) < 4.78 is 0. The van der Waals surface area contributed by atoms with Gasteiger partial charge in [0.05, 0.1) is 6.04 Å². The van der Waals surface area contributed by atoms with Crippen molar-refractivity contribution < 1.29 is 4.79 Å². The number of rotatable bonds is 4. The van der Waals surface area contributed by atoms with Crippen LogP contribution in [0.1, 0.15) is 28.6 Å². The van der Waals surface area contributed by atoms with Crippen LogP contribution in [0.5, 0.6) is 0 Å². The van der Waals surface area contributed by atoms with Crippen LogP contribution in [0.3, 0.4) is 0 Å². The van der Waals surface area contributed by atoms with Crippen LogP contribution in [0.2, 0.25) is 0 Å². The summed E-state index contributed by atoms with van der Waals surface area (Å²) in [6.07, 6.45) is 6.02. The monoisotopic (exact) mass is 341 g/mol. The van der Waals surface area contributed by atoms with Crippen LogP contribution in [0.4, 0.5) is 0 Å². The molecule has 1 aliphatic heterocycles. The maximum absolute atomic E-state index is 12.9. The Hall–Kier alpha value is -3.11. The molecule has 4 nitrogen and oxygen atoms in total. The van der Waals surface area contributed by atoms with Crippen molar-refractivity contribution >= 4 is 5.78 Å². The van der Waals surface area contributed by atoms with Crippen molar-refractivity contribution in [3.63, 3.8) is 0 Å². The Morgan fingerprint density at radius 3 is 2.31 bits per heavy atom. The number of benzene rings is 2. The van der Waals surface area contributed by atoms with Crippen LogP contribution in [0, 0.1) is 0 Å². The second-order valence-corrected chi connectivity index (χ2v) is 6.27. The molecule has 4 rings (SSSR count). The molecular weight excluding hydrogens is 322 g/mol. The second-order valence-electron chi connectivity index (χ2n) is 6.27. The summed E-state index contributed by atoms with van der Waals surface area (Å²) in [6, 6.07) is 19.7. The van der Waals surface area contributed by atoms with Crippen molar-refractivity contribution in [1.82, 2.24) is 15.3 Å². The van der Waals surface area contributed by atoms with E-state index >= 15 is 0 Å². The number of hydrogen-bond acceptors (Lipinski definition) is 4. The summed E-state index contributed by atoms with van der Waals surface area (Å²) in [4.78, 5) is 21.5. The fourth-order valence-corrected chi connectivity index (χ4v) is 3.19. The van der Waals surface area contributed by atoms with E-state index in [0.717, 1.165) is 22.5 Å². The summed E-state index contributed by atoms with van der Waals surface area (Å²) in [7, 11) is 0. The third kappa shape index (κ3) is 3.46. The zero-order valence-electron chi connectivity index (χ0n) is 14.3. The number of carbonyl (C=O) groups is 1. The number of carbonyl (C=O) groups excluding carboxylic acids is 1. The molecule has 1 unspecified atom stereocenters. The molecule has 1 atom stereocenters. The first-order valence-electron chi connectivity index (χ1n) is 8.71. The predicted molar refractivity (Wildman–Crippen MR) is 102 cm³/mol. The van der Waals surface area contributed by atoms with Gasteiger partial charge in [0, 0.05) is 24.5 Å². The van der Waals surface area contributed by atoms with Crippen LogP contribution in [0.25, 0.3) is 11.1 Å². The minimum atomic E-state index is -0.0243. The van der Waals surface area contributed by atoms with E-state index in [1.54, 1.807) is 18.5 Å². The van der Waals surface area contributed by atoms with Crippen molar-refractivity contribution in [3.05, 3.63) is 96.1 Å². The molecule has 0 bridgehead atoms. The third-order valence-electron chi connectivity index (χ3n) is 4.58.